The number of aromatic hydroxyl groups is 1. The lowest BCUT2D eigenvalue weighted by atomic mass is 9.71. The summed E-state index contributed by atoms with van der Waals surface area (Å²) in [7, 11) is 0. The lowest BCUT2D eigenvalue weighted by molar-refractivity contribution is 0.0680. The fourth-order valence-corrected chi connectivity index (χ4v) is 4.45. The van der Waals surface area contributed by atoms with Gasteiger partial charge in [0.05, 0.1) is 5.56 Å². The van der Waals surface area contributed by atoms with Crippen molar-refractivity contribution in [3.63, 3.8) is 0 Å². The Morgan fingerprint density at radius 3 is 2.09 bits per heavy atom. The van der Waals surface area contributed by atoms with Crippen molar-refractivity contribution in [3.05, 3.63) is 130 Å². The molecule has 5 rings (SSSR count). The third-order valence-electron chi connectivity index (χ3n) is 5.94. The molecule has 0 amide bonds. The van der Waals surface area contributed by atoms with E-state index < -0.39 is 5.60 Å². The molecule has 0 aromatic heterocycles. The minimum atomic E-state index is -1.55. The molecule has 1 aliphatic rings. The van der Waals surface area contributed by atoms with Gasteiger partial charge in [0.1, 0.15) is 23.7 Å². The molecule has 4 aromatic rings. The number of phenolic OH excluding ortho intramolecular Hbond substituents is 1. The Kier molecular flexibility index (Phi) is 5.00. The number of benzene rings is 4. The Morgan fingerprint density at radius 1 is 0.750 bits per heavy atom. The van der Waals surface area contributed by atoms with E-state index in [1.807, 2.05) is 60.7 Å². The Morgan fingerprint density at radius 2 is 1.38 bits per heavy atom. The molecule has 32 heavy (non-hydrogen) atoms. The highest BCUT2D eigenvalue weighted by atomic mass is 16.5. The van der Waals surface area contributed by atoms with Crippen LogP contribution in [-0.4, -0.2) is 16.0 Å². The number of rotatable bonds is 5. The number of fused-ring (bicyclic) bond motifs is 2. The van der Waals surface area contributed by atoms with E-state index in [4.69, 9.17) is 4.74 Å². The first kappa shape index (κ1) is 20.0. The monoisotopic (exact) mass is 422 g/mol. The maximum absolute atomic E-state index is 13.4. The van der Waals surface area contributed by atoms with Crippen LogP contribution in [0.1, 0.15) is 38.2 Å². The zero-order valence-corrected chi connectivity index (χ0v) is 17.4. The van der Waals surface area contributed by atoms with Gasteiger partial charge in [-0.3, -0.25) is 4.79 Å². The lowest BCUT2D eigenvalue weighted by Gasteiger charge is -2.37. The summed E-state index contributed by atoms with van der Waals surface area (Å²) < 4.78 is 6.12. The maximum Gasteiger partial charge on any atom is 0.197 e. The maximum atomic E-state index is 13.4. The average Bonchev–Trinajstić information content (AvgIpc) is 2.83. The predicted octanol–water partition coefficient (Wildman–Crippen LogP) is 4.99. The number of hydrogen-bond donors (Lipinski definition) is 2. The lowest BCUT2D eigenvalue weighted by Crippen LogP contribution is -2.38. The van der Waals surface area contributed by atoms with Crippen molar-refractivity contribution in [2.45, 2.75) is 18.6 Å². The van der Waals surface area contributed by atoms with Crippen LogP contribution in [0.15, 0.2) is 97.1 Å². The van der Waals surface area contributed by atoms with Gasteiger partial charge in [-0.1, -0.05) is 84.9 Å². The van der Waals surface area contributed by atoms with Crippen LogP contribution in [0, 0.1) is 0 Å². The third-order valence-corrected chi connectivity index (χ3v) is 5.94. The summed E-state index contributed by atoms with van der Waals surface area (Å²) in [6.07, 6.45) is 0.232. The van der Waals surface area contributed by atoms with Crippen LogP contribution < -0.4 is 4.74 Å². The molecule has 2 N–H and O–H groups in total. The molecule has 0 heterocycles. The minimum absolute atomic E-state index is 0.0905. The van der Waals surface area contributed by atoms with Crippen LogP contribution in [0.2, 0.25) is 0 Å². The molecule has 1 atom stereocenters. The van der Waals surface area contributed by atoms with Crippen LogP contribution in [-0.2, 0) is 18.6 Å². The minimum Gasteiger partial charge on any atom is -0.507 e. The van der Waals surface area contributed by atoms with Crippen LogP contribution in [0.4, 0.5) is 0 Å². The van der Waals surface area contributed by atoms with Gasteiger partial charge in [-0.15, -0.1) is 0 Å². The van der Waals surface area contributed by atoms with Gasteiger partial charge in [0.2, 0.25) is 0 Å². The highest BCUT2D eigenvalue weighted by Crippen LogP contribution is 2.48. The molecule has 4 aromatic carbocycles. The molecule has 0 radical (unpaired) electrons. The molecule has 1 aliphatic carbocycles. The molecular formula is C28H22O4. The number of hydrogen-bond acceptors (Lipinski definition) is 4. The number of aliphatic hydroxyl groups is 1. The molecule has 0 saturated heterocycles. The van der Waals surface area contributed by atoms with Gasteiger partial charge in [0.15, 0.2) is 5.78 Å². The van der Waals surface area contributed by atoms with Crippen molar-refractivity contribution >= 4 is 5.78 Å². The first-order valence-electron chi connectivity index (χ1n) is 10.5. The van der Waals surface area contributed by atoms with Crippen LogP contribution in [0.5, 0.6) is 11.5 Å². The van der Waals surface area contributed by atoms with Crippen molar-refractivity contribution < 1.29 is 19.7 Å². The van der Waals surface area contributed by atoms with Gasteiger partial charge < -0.3 is 14.9 Å². The highest BCUT2D eigenvalue weighted by molar-refractivity contribution is 6.15. The van der Waals surface area contributed by atoms with Crippen LogP contribution in [0.3, 0.4) is 0 Å². The van der Waals surface area contributed by atoms with Gasteiger partial charge >= 0.3 is 0 Å². The standard InChI is InChI=1S/C28H22O4/c29-23-15-16-24(32-18-20-11-5-2-6-12-20)26-25(23)27(30)21-13-7-8-14-22(21)28(26,31)17-19-9-3-1-4-10-19/h1-16,29,31H,17-18H2. The number of phenols is 1. The number of ketones is 1. The van der Waals surface area contributed by atoms with Gasteiger partial charge in [0, 0.05) is 17.5 Å². The third kappa shape index (κ3) is 3.35. The topological polar surface area (TPSA) is 66.8 Å². The van der Waals surface area contributed by atoms with E-state index in [1.54, 1.807) is 30.3 Å². The quantitative estimate of drug-likeness (QED) is 0.475. The van der Waals surface area contributed by atoms with Gasteiger partial charge in [0.25, 0.3) is 0 Å². The molecular weight excluding hydrogens is 400 g/mol. The van der Waals surface area contributed by atoms with Crippen molar-refractivity contribution in [1.82, 2.24) is 0 Å². The highest BCUT2D eigenvalue weighted by Gasteiger charge is 2.45. The molecule has 0 fully saturated rings. The van der Waals surface area contributed by atoms with Gasteiger partial charge in [-0.25, -0.2) is 0 Å². The SMILES string of the molecule is O=C1c2ccccc2C(O)(Cc2ccccc2)c2c(OCc3ccccc3)ccc(O)c21. The van der Waals surface area contributed by atoms with E-state index in [-0.39, 0.29) is 30.1 Å². The van der Waals surface area contributed by atoms with Crippen molar-refractivity contribution in [2.75, 3.05) is 0 Å². The van der Waals surface area contributed by atoms with E-state index in [0.717, 1.165) is 11.1 Å². The van der Waals surface area contributed by atoms with E-state index in [0.29, 0.717) is 22.4 Å². The largest absolute Gasteiger partial charge is 0.507 e. The van der Waals surface area contributed by atoms with Gasteiger partial charge in [-0.05, 0) is 28.8 Å². The van der Waals surface area contributed by atoms with E-state index >= 15 is 0 Å². The molecule has 158 valence electrons. The second kappa shape index (κ2) is 7.98. The fourth-order valence-electron chi connectivity index (χ4n) is 4.45. The summed E-state index contributed by atoms with van der Waals surface area (Å²) in [5.41, 5.74) is 1.61. The summed E-state index contributed by atoms with van der Waals surface area (Å²) >= 11 is 0. The van der Waals surface area contributed by atoms with Crippen molar-refractivity contribution in [2.24, 2.45) is 0 Å². The molecule has 1 unspecified atom stereocenters. The molecule has 4 nitrogen and oxygen atoms in total. The van der Waals surface area contributed by atoms with Crippen LogP contribution in [0.25, 0.3) is 0 Å². The number of carbonyl (C=O) groups is 1. The summed E-state index contributed by atoms with van der Waals surface area (Å²) in [6.45, 7) is 0.273. The van der Waals surface area contributed by atoms with Crippen molar-refractivity contribution in [3.8, 4) is 11.5 Å². The smallest absolute Gasteiger partial charge is 0.197 e. The second-order valence-electron chi connectivity index (χ2n) is 8.00. The van der Waals surface area contributed by atoms with E-state index in [2.05, 4.69) is 0 Å². The predicted molar refractivity (Wildman–Crippen MR) is 122 cm³/mol. The summed E-state index contributed by atoms with van der Waals surface area (Å²) in [4.78, 5) is 13.4. The molecule has 0 aliphatic heterocycles. The van der Waals surface area contributed by atoms with Gasteiger partial charge in [-0.2, -0.15) is 0 Å². The fraction of sp³-hybridized carbons (Fsp3) is 0.107. The van der Waals surface area contributed by atoms with Crippen LogP contribution >= 0.6 is 0 Å². The summed E-state index contributed by atoms with van der Waals surface area (Å²) in [5.74, 6) is -0.114. The zero-order chi connectivity index (χ0) is 22.1. The first-order chi connectivity index (χ1) is 15.6. The number of carbonyl (C=O) groups excluding carboxylic acids is 1. The Labute approximate surface area is 186 Å². The zero-order valence-electron chi connectivity index (χ0n) is 17.4. The number of ether oxygens (including phenoxy) is 1. The molecule has 0 bridgehead atoms. The molecule has 0 saturated carbocycles. The Bertz CT molecular complexity index is 1280. The Hall–Kier alpha value is -3.89. The van der Waals surface area contributed by atoms with E-state index in [9.17, 15) is 15.0 Å². The van der Waals surface area contributed by atoms with Crippen molar-refractivity contribution in [1.29, 1.82) is 0 Å². The Balaban J connectivity index is 1.69. The average molecular weight is 422 g/mol. The normalized spacial score (nSPS) is 16.8. The van der Waals surface area contributed by atoms with E-state index in [1.165, 1.54) is 6.07 Å². The molecule has 0 spiro atoms. The molecule has 4 heteroatoms. The summed E-state index contributed by atoms with van der Waals surface area (Å²) in [5, 5.41) is 22.9. The first-order valence-corrected chi connectivity index (χ1v) is 10.5. The summed E-state index contributed by atoms with van der Waals surface area (Å²) in [6, 6.07) is 29.4. The second-order valence-corrected chi connectivity index (χ2v) is 8.00.